The van der Waals surface area contributed by atoms with Crippen LogP contribution in [0.2, 0.25) is 0 Å². The highest BCUT2D eigenvalue weighted by molar-refractivity contribution is 5.17. The Hall–Kier alpha value is -0.840. The summed E-state index contributed by atoms with van der Waals surface area (Å²) >= 11 is 0. The summed E-state index contributed by atoms with van der Waals surface area (Å²) in [6.45, 7) is 5.30. The third kappa shape index (κ3) is 3.62. The molecule has 1 aromatic heterocycles. The van der Waals surface area contributed by atoms with Crippen LogP contribution in [0, 0.1) is 5.92 Å². The van der Waals surface area contributed by atoms with Crippen LogP contribution in [0.15, 0.2) is 16.5 Å². The minimum Gasteiger partial charge on any atom is -0.464 e. The lowest BCUT2D eigenvalue weighted by Gasteiger charge is -2.20. The molecule has 2 saturated carbocycles. The average molecular weight is 279 g/mol. The van der Waals surface area contributed by atoms with E-state index in [1.807, 2.05) is 0 Å². The van der Waals surface area contributed by atoms with Crippen molar-refractivity contribution in [3.05, 3.63) is 23.7 Å². The van der Waals surface area contributed by atoms with Crippen molar-refractivity contribution in [2.24, 2.45) is 5.92 Å². The number of aliphatic hydroxyl groups is 1. The van der Waals surface area contributed by atoms with Crippen molar-refractivity contribution in [2.75, 3.05) is 26.4 Å². The SMILES string of the molecule is C[C@@H]1C[C@H]1c1ccc(CN(CCOCCO)C2CC2)o1. The van der Waals surface area contributed by atoms with Crippen molar-refractivity contribution in [1.82, 2.24) is 4.90 Å². The van der Waals surface area contributed by atoms with E-state index < -0.39 is 0 Å². The standard InChI is InChI=1S/C16H25NO3/c1-12-10-15(12)16-5-4-14(20-16)11-17(13-2-3-13)6-8-19-9-7-18/h4-5,12-13,15,18H,2-3,6-11H2,1H3/t12-,15-/m1/s1. The summed E-state index contributed by atoms with van der Waals surface area (Å²) in [5.41, 5.74) is 0. The molecule has 0 aliphatic heterocycles. The maximum atomic E-state index is 8.72. The zero-order valence-corrected chi connectivity index (χ0v) is 12.3. The number of rotatable bonds is 9. The van der Waals surface area contributed by atoms with Gasteiger partial charge in [0, 0.05) is 18.5 Å². The summed E-state index contributed by atoms with van der Waals surface area (Å²) in [7, 11) is 0. The zero-order chi connectivity index (χ0) is 13.9. The van der Waals surface area contributed by atoms with Gasteiger partial charge in [-0.25, -0.2) is 0 Å². The van der Waals surface area contributed by atoms with Crippen LogP contribution in [0.4, 0.5) is 0 Å². The summed E-state index contributed by atoms with van der Waals surface area (Å²) in [5.74, 6) is 3.69. The van der Waals surface area contributed by atoms with E-state index >= 15 is 0 Å². The number of nitrogens with zero attached hydrogens (tertiary/aromatic N) is 1. The lowest BCUT2D eigenvalue weighted by molar-refractivity contribution is 0.0685. The molecule has 0 unspecified atom stereocenters. The molecule has 2 aliphatic rings. The van der Waals surface area contributed by atoms with Gasteiger partial charge < -0.3 is 14.3 Å². The summed E-state index contributed by atoms with van der Waals surface area (Å²) in [5, 5.41) is 8.72. The number of hydrogen-bond donors (Lipinski definition) is 1. The minimum absolute atomic E-state index is 0.102. The normalized spacial score (nSPS) is 25.4. The Kier molecular flexibility index (Phi) is 4.44. The lowest BCUT2D eigenvalue weighted by Crippen LogP contribution is -2.29. The van der Waals surface area contributed by atoms with E-state index in [1.54, 1.807) is 0 Å². The third-order valence-corrected chi connectivity index (χ3v) is 4.34. The van der Waals surface area contributed by atoms with Gasteiger partial charge in [0.25, 0.3) is 0 Å². The van der Waals surface area contributed by atoms with Crippen LogP contribution in [0.1, 0.15) is 43.6 Å². The van der Waals surface area contributed by atoms with Crippen molar-refractivity contribution in [1.29, 1.82) is 0 Å². The molecule has 2 aliphatic carbocycles. The van der Waals surface area contributed by atoms with Gasteiger partial charge in [-0.05, 0) is 37.3 Å². The summed E-state index contributed by atoms with van der Waals surface area (Å²) in [6, 6.07) is 4.97. The first-order valence-electron chi connectivity index (χ1n) is 7.79. The van der Waals surface area contributed by atoms with Crippen molar-refractivity contribution >= 4 is 0 Å². The molecule has 4 heteroatoms. The zero-order valence-electron chi connectivity index (χ0n) is 12.3. The van der Waals surface area contributed by atoms with E-state index in [0.29, 0.717) is 25.2 Å². The molecule has 0 bridgehead atoms. The second kappa shape index (κ2) is 6.29. The van der Waals surface area contributed by atoms with Crippen LogP contribution < -0.4 is 0 Å². The van der Waals surface area contributed by atoms with Crippen molar-refractivity contribution < 1.29 is 14.3 Å². The Morgan fingerprint density at radius 3 is 2.80 bits per heavy atom. The second-order valence-corrected chi connectivity index (χ2v) is 6.16. The number of ether oxygens (including phenoxy) is 1. The third-order valence-electron chi connectivity index (χ3n) is 4.34. The van der Waals surface area contributed by atoms with Gasteiger partial charge in [0.2, 0.25) is 0 Å². The van der Waals surface area contributed by atoms with Gasteiger partial charge in [0.1, 0.15) is 11.5 Å². The minimum atomic E-state index is 0.102. The summed E-state index contributed by atoms with van der Waals surface area (Å²) in [6.07, 6.45) is 3.84. The van der Waals surface area contributed by atoms with Crippen LogP contribution in [0.3, 0.4) is 0 Å². The smallest absolute Gasteiger partial charge is 0.118 e. The number of aliphatic hydroxyl groups excluding tert-OH is 1. The van der Waals surface area contributed by atoms with E-state index in [4.69, 9.17) is 14.3 Å². The molecule has 0 aromatic carbocycles. The predicted molar refractivity (Wildman–Crippen MR) is 76.6 cm³/mol. The van der Waals surface area contributed by atoms with Gasteiger partial charge in [-0.1, -0.05) is 6.92 Å². The quantitative estimate of drug-likeness (QED) is 0.705. The number of hydrogen-bond acceptors (Lipinski definition) is 4. The van der Waals surface area contributed by atoms with Gasteiger partial charge in [0.05, 0.1) is 26.4 Å². The highest BCUT2D eigenvalue weighted by Crippen LogP contribution is 2.47. The largest absolute Gasteiger partial charge is 0.464 e. The summed E-state index contributed by atoms with van der Waals surface area (Å²) < 4.78 is 11.4. The fraction of sp³-hybridized carbons (Fsp3) is 0.750. The van der Waals surface area contributed by atoms with E-state index in [9.17, 15) is 0 Å². The predicted octanol–water partition coefficient (Wildman–Crippen LogP) is 2.38. The average Bonchev–Trinajstić information content (AvgIpc) is 3.35. The molecule has 0 amide bonds. The highest BCUT2D eigenvalue weighted by Gasteiger charge is 2.37. The first-order valence-corrected chi connectivity index (χ1v) is 7.79. The molecular formula is C16H25NO3. The Morgan fingerprint density at radius 1 is 1.35 bits per heavy atom. The van der Waals surface area contributed by atoms with Gasteiger partial charge in [0.15, 0.2) is 0 Å². The molecule has 112 valence electrons. The molecule has 0 saturated heterocycles. The molecule has 2 atom stereocenters. The maximum absolute atomic E-state index is 8.72. The molecule has 1 N–H and O–H groups in total. The fourth-order valence-electron chi connectivity index (χ4n) is 2.78. The lowest BCUT2D eigenvalue weighted by atomic mass is 10.3. The highest BCUT2D eigenvalue weighted by atomic mass is 16.5. The fourth-order valence-corrected chi connectivity index (χ4v) is 2.78. The molecule has 1 aromatic rings. The van der Waals surface area contributed by atoms with Gasteiger partial charge in [-0.3, -0.25) is 4.90 Å². The Labute approximate surface area is 120 Å². The van der Waals surface area contributed by atoms with Crippen molar-refractivity contribution in [2.45, 2.75) is 44.7 Å². The Bertz CT molecular complexity index is 427. The molecule has 20 heavy (non-hydrogen) atoms. The van der Waals surface area contributed by atoms with Gasteiger partial charge in [-0.2, -0.15) is 0 Å². The molecule has 3 rings (SSSR count). The number of furan rings is 1. The molecular weight excluding hydrogens is 254 g/mol. The van der Waals surface area contributed by atoms with Gasteiger partial charge >= 0.3 is 0 Å². The van der Waals surface area contributed by atoms with Crippen LogP contribution in [0.25, 0.3) is 0 Å². The Morgan fingerprint density at radius 2 is 2.15 bits per heavy atom. The first kappa shape index (κ1) is 14.1. The van der Waals surface area contributed by atoms with E-state index in [-0.39, 0.29) is 6.61 Å². The van der Waals surface area contributed by atoms with Gasteiger partial charge in [-0.15, -0.1) is 0 Å². The van der Waals surface area contributed by atoms with Crippen molar-refractivity contribution in [3.63, 3.8) is 0 Å². The van der Waals surface area contributed by atoms with E-state index in [2.05, 4.69) is 24.0 Å². The van der Waals surface area contributed by atoms with E-state index in [0.717, 1.165) is 24.8 Å². The van der Waals surface area contributed by atoms with Crippen LogP contribution in [-0.2, 0) is 11.3 Å². The topological polar surface area (TPSA) is 45.8 Å². The van der Waals surface area contributed by atoms with Crippen LogP contribution >= 0.6 is 0 Å². The van der Waals surface area contributed by atoms with Crippen LogP contribution in [0.5, 0.6) is 0 Å². The molecule has 0 spiro atoms. The van der Waals surface area contributed by atoms with E-state index in [1.165, 1.54) is 25.0 Å². The van der Waals surface area contributed by atoms with Crippen molar-refractivity contribution in [3.8, 4) is 0 Å². The summed E-state index contributed by atoms with van der Waals surface area (Å²) in [4.78, 5) is 2.44. The molecule has 1 heterocycles. The molecule has 0 radical (unpaired) electrons. The monoisotopic (exact) mass is 279 g/mol. The van der Waals surface area contributed by atoms with Crippen LogP contribution in [-0.4, -0.2) is 42.4 Å². The Balaban J connectivity index is 1.49. The second-order valence-electron chi connectivity index (χ2n) is 6.16. The molecule has 4 nitrogen and oxygen atoms in total. The molecule has 2 fully saturated rings. The first-order chi connectivity index (χ1) is 9.78. The maximum Gasteiger partial charge on any atom is 0.118 e.